The van der Waals surface area contributed by atoms with Crippen LogP contribution in [0.5, 0.6) is 0 Å². The molecule has 1 aromatic carbocycles. The maximum atomic E-state index is 12.0. The van der Waals surface area contributed by atoms with Crippen LogP contribution in [0.4, 0.5) is 0 Å². The molecule has 1 aliphatic rings. The Balaban J connectivity index is -0.000000251. The van der Waals surface area contributed by atoms with Crippen molar-refractivity contribution in [3.63, 3.8) is 0 Å². The van der Waals surface area contributed by atoms with E-state index in [1.54, 1.807) is 0 Å². The van der Waals surface area contributed by atoms with Gasteiger partial charge in [-0.15, -0.1) is 0 Å². The second-order valence-corrected chi connectivity index (χ2v) is 6.86. The Hall–Kier alpha value is -1.57. The van der Waals surface area contributed by atoms with Crippen LogP contribution in [0, 0.1) is 33.3 Å². The van der Waals surface area contributed by atoms with E-state index in [0.717, 1.165) is 23.5 Å². The Morgan fingerprint density at radius 2 is 1.32 bits per heavy atom. The molecule has 0 N–H and O–H groups in total. The van der Waals surface area contributed by atoms with Gasteiger partial charge >= 0.3 is 177 Å². The number of likely N-dealkylation sites (tertiary alicyclic amines) is 1. The van der Waals surface area contributed by atoms with Crippen LogP contribution in [-0.4, -0.2) is 32.5 Å². The summed E-state index contributed by atoms with van der Waals surface area (Å²) in [5.74, 6) is 0.753. The SMILES string of the molecule is O=S(CCC[C](=[Cr])N1CCCC1)c1ccccc1.[C-]#[O+].[C-]#[O+].[C-]#[O+].[C-]#[O+].[C-]#[O+]. The van der Waals surface area contributed by atoms with Crippen LogP contribution in [0.2, 0.25) is 0 Å². The Morgan fingerprint density at radius 3 is 1.75 bits per heavy atom. The van der Waals surface area contributed by atoms with Gasteiger partial charge in [-0.1, -0.05) is 0 Å². The molecule has 2 rings (SSSR count). The third-order valence-corrected chi connectivity index (χ3v) is 5.36. The zero-order chi connectivity index (χ0) is 22.8. The van der Waals surface area contributed by atoms with E-state index in [2.05, 4.69) is 54.0 Å². The second-order valence-electron chi connectivity index (χ2n) is 4.55. The van der Waals surface area contributed by atoms with Gasteiger partial charge in [0, 0.05) is 0 Å². The fourth-order valence-electron chi connectivity index (χ4n) is 2.17. The third kappa shape index (κ3) is 17.8. The Morgan fingerprint density at radius 1 is 0.893 bits per heavy atom. The molecule has 1 fully saturated rings. The van der Waals surface area contributed by atoms with Crippen LogP contribution in [0.15, 0.2) is 35.2 Å². The van der Waals surface area contributed by atoms with Gasteiger partial charge in [0.05, 0.1) is 0 Å². The first-order valence-electron chi connectivity index (χ1n) is 7.50. The molecule has 1 heterocycles. The van der Waals surface area contributed by atoms with E-state index < -0.39 is 10.8 Å². The van der Waals surface area contributed by atoms with Gasteiger partial charge in [-0.05, 0) is 0 Å². The van der Waals surface area contributed by atoms with Gasteiger partial charge in [-0.3, -0.25) is 0 Å². The average molecular weight is 441 g/mol. The van der Waals surface area contributed by atoms with Gasteiger partial charge in [-0.2, -0.15) is 0 Å². The fourth-order valence-corrected chi connectivity index (χ4v) is 3.78. The number of rotatable bonds is 6. The van der Waals surface area contributed by atoms with Gasteiger partial charge < -0.3 is 0 Å². The van der Waals surface area contributed by atoms with Crippen LogP contribution >= 0.6 is 0 Å². The summed E-state index contributed by atoms with van der Waals surface area (Å²) in [6.45, 7) is 24.9. The minimum absolute atomic E-state index is 0.753. The summed E-state index contributed by atoms with van der Waals surface area (Å²) in [4.78, 5) is 3.37. The summed E-state index contributed by atoms with van der Waals surface area (Å²) in [5, 5.41) is 0. The molecular formula is C19H19CrNO6S. The summed E-state index contributed by atoms with van der Waals surface area (Å²) in [7, 11) is -0.847. The number of nitrogens with zero attached hydrogens (tertiary/aromatic N) is 1. The molecule has 1 aromatic rings. The van der Waals surface area contributed by atoms with Crippen LogP contribution in [0.25, 0.3) is 0 Å². The number of benzene rings is 1. The summed E-state index contributed by atoms with van der Waals surface area (Å²) >= 11 is 3.18. The molecule has 0 saturated carbocycles. The fraction of sp³-hybridized carbons (Fsp3) is 0.368. The van der Waals surface area contributed by atoms with E-state index >= 15 is 0 Å². The van der Waals surface area contributed by atoms with Crippen molar-refractivity contribution in [3.8, 4) is 0 Å². The van der Waals surface area contributed by atoms with Crippen molar-refractivity contribution in [3.05, 3.63) is 63.6 Å². The minimum atomic E-state index is -0.847. The van der Waals surface area contributed by atoms with E-state index in [1.807, 2.05) is 30.3 Å². The van der Waals surface area contributed by atoms with Crippen LogP contribution < -0.4 is 0 Å². The first-order valence-corrected chi connectivity index (χ1v) is 9.46. The topological polar surface area (TPSA) is 120 Å². The first-order chi connectivity index (χ1) is 13.8. The normalized spacial score (nSPS) is 11.8. The van der Waals surface area contributed by atoms with Gasteiger partial charge in [0.15, 0.2) is 0 Å². The van der Waals surface area contributed by atoms with Crippen LogP contribution in [-0.2, 0) is 49.9 Å². The Labute approximate surface area is 176 Å². The van der Waals surface area contributed by atoms with Gasteiger partial charge in [0.2, 0.25) is 0 Å². The monoisotopic (exact) mass is 441 g/mol. The molecule has 1 unspecified atom stereocenters. The predicted molar refractivity (Wildman–Crippen MR) is 92.4 cm³/mol. The molecule has 0 bridgehead atoms. The molecule has 148 valence electrons. The summed E-state index contributed by atoms with van der Waals surface area (Å²) in [5.41, 5.74) is 0. The van der Waals surface area contributed by atoms with Crippen molar-refractivity contribution in [2.24, 2.45) is 0 Å². The predicted octanol–water partition coefficient (Wildman–Crippen LogP) is 2.16. The maximum absolute atomic E-state index is 12.0. The zero-order valence-electron chi connectivity index (χ0n) is 15.0. The molecule has 0 aliphatic carbocycles. The van der Waals surface area contributed by atoms with Crippen LogP contribution in [0.1, 0.15) is 25.7 Å². The van der Waals surface area contributed by atoms with E-state index in [1.165, 1.54) is 30.4 Å². The molecule has 0 amide bonds. The number of hydrogen-bond acceptors (Lipinski definition) is 2. The van der Waals surface area contributed by atoms with Crippen molar-refractivity contribution in [1.29, 1.82) is 0 Å². The van der Waals surface area contributed by atoms with Gasteiger partial charge in [0.25, 0.3) is 0 Å². The van der Waals surface area contributed by atoms with E-state index in [0.29, 0.717) is 0 Å². The molecule has 1 atom stereocenters. The van der Waals surface area contributed by atoms with E-state index in [4.69, 9.17) is 23.3 Å². The molecule has 1 saturated heterocycles. The van der Waals surface area contributed by atoms with Crippen molar-refractivity contribution in [1.82, 2.24) is 4.90 Å². The summed E-state index contributed by atoms with van der Waals surface area (Å²) < 4.78 is 50.9. The summed E-state index contributed by atoms with van der Waals surface area (Å²) in [6.07, 6.45) is 4.63. The van der Waals surface area contributed by atoms with Crippen molar-refractivity contribution < 1.29 is 43.3 Å². The standard InChI is InChI=1S/C14H19NOS.5CO.Cr/c16-17(14-8-2-1-3-9-14)13-7-6-12-15-10-4-5-11-15;5*1-2;/h1-3,8-9H,4-7,10-11,13H2;;;;;;. The molecule has 28 heavy (non-hydrogen) atoms. The van der Waals surface area contributed by atoms with Gasteiger partial charge in [0.1, 0.15) is 0 Å². The number of hydrogen-bond donors (Lipinski definition) is 0. The van der Waals surface area contributed by atoms with Crippen molar-refractivity contribution in [2.75, 3.05) is 18.8 Å². The molecule has 0 spiro atoms. The summed E-state index contributed by atoms with van der Waals surface area (Å²) in [6, 6.07) is 9.74. The van der Waals surface area contributed by atoms with E-state index in [9.17, 15) is 4.21 Å². The molecule has 7 nitrogen and oxygen atoms in total. The molecule has 1 aliphatic heterocycles. The quantitative estimate of drug-likeness (QED) is 0.496. The molecule has 0 radical (unpaired) electrons. The first kappa shape index (κ1) is 34.0. The zero-order valence-corrected chi connectivity index (χ0v) is 17.1. The molecule has 9 heteroatoms. The molecule has 0 aromatic heterocycles. The third-order valence-electron chi connectivity index (χ3n) is 3.19. The van der Waals surface area contributed by atoms with Crippen LogP contribution in [0.3, 0.4) is 0 Å². The van der Waals surface area contributed by atoms with E-state index in [-0.39, 0.29) is 0 Å². The van der Waals surface area contributed by atoms with Gasteiger partial charge in [-0.25, -0.2) is 0 Å². The Kier molecular flexibility index (Phi) is 36.6. The van der Waals surface area contributed by atoms with Crippen molar-refractivity contribution in [2.45, 2.75) is 30.6 Å². The molecular weight excluding hydrogens is 422 g/mol. The Bertz CT molecular complexity index is 584. The van der Waals surface area contributed by atoms with Crippen molar-refractivity contribution >= 4 is 15.3 Å². The second kappa shape index (κ2) is 30.2. The average Bonchev–Trinajstić information content (AvgIpc) is 3.36.